The number of hydrogen-bond donors (Lipinski definition) is 1. The summed E-state index contributed by atoms with van der Waals surface area (Å²) >= 11 is 0. The van der Waals surface area contributed by atoms with Crippen molar-refractivity contribution >= 4 is 5.91 Å². The van der Waals surface area contributed by atoms with Crippen molar-refractivity contribution in [3.8, 4) is 0 Å². The Morgan fingerprint density at radius 1 is 0.941 bits per heavy atom. The van der Waals surface area contributed by atoms with E-state index in [9.17, 15) is 4.79 Å². The Morgan fingerprint density at radius 2 is 1.41 bits per heavy atom. The molecule has 0 saturated carbocycles. The Labute approximate surface area is 103 Å². The van der Waals surface area contributed by atoms with Crippen molar-refractivity contribution in [3.05, 3.63) is 10.4 Å². The fourth-order valence-corrected chi connectivity index (χ4v) is 1.76. The molecule has 0 aromatic rings. The SMILES string of the molecule is [N-]=[N+]=NCCCCCCCCCCCC(N)=O. The van der Waals surface area contributed by atoms with E-state index < -0.39 is 0 Å². The Morgan fingerprint density at radius 3 is 1.88 bits per heavy atom. The highest BCUT2D eigenvalue weighted by atomic mass is 16.1. The molecule has 0 aromatic carbocycles. The van der Waals surface area contributed by atoms with E-state index in [1.54, 1.807) is 0 Å². The van der Waals surface area contributed by atoms with Gasteiger partial charge in [0.25, 0.3) is 0 Å². The topological polar surface area (TPSA) is 91.8 Å². The molecule has 0 saturated heterocycles. The van der Waals surface area contributed by atoms with Crippen molar-refractivity contribution < 1.29 is 4.79 Å². The Kier molecular flexibility index (Phi) is 11.9. The third-order valence-electron chi connectivity index (χ3n) is 2.74. The van der Waals surface area contributed by atoms with Crippen LogP contribution in [0.25, 0.3) is 10.4 Å². The van der Waals surface area contributed by atoms with Gasteiger partial charge in [-0.3, -0.25) is 4.79 Å². The second-order valence-corrected chi connectivity index (χ2v) is 4.35. The zero-order valence-corrected chi connectivity index (χ0v) is 10.6. The third kappa shape index (κ3) is 14.8. The van der Waals surface area contributed by atoms with Crippen LogP contribution in [0.3, 0.4) is 0 Å². The molecule has 0 aliphatic rings. The average Bonchev–Trinajstić information content (AvgIpc) is 2.30. The van der Waals surface area contributed by atoms with Crippen molar-refractivity contribution in [1.82, 2.24) is 0 Å². The van der Waals surface area contributed by atoms with E-state index in [4.69, 9.17) is 11.3 Å². The molecule has 0 radical (unpaired) electrons. The number of carbonyl (C=O) groups is 1. The van der Waals surface area contributed by atoms with Gasteiger partial charge in [-0.25, -0.2) is 0 Å². The quantitative estimate of drug-likeness (QED) is 0.239. The lowest BCUT2D eigenvalue weighted by atomic mass is 10.1. The molecule has 2 N–H and O–H groups in total. The molecule has 5 heteroatoms. The fraction of sp³-hybridized carbons (Fsp3) is 0.917. The number of hydrogen-bond acceptors (Lipinski definition) is 2. The van der Waals surface area contributed by atoms with Crippen LogP contribution in [0.2, 0.25) is 0 Å². The zero-order chi connectivity index (χ0) is 12.8. The first-order valence-electron chi connectivity index (χ1n) is 6.56. The lowest BCUT2D eigenvalue weighted by molar-refractivity contribution is -0.118. The molecule has 5 nitrogen and oxygen atoms in total. The van der Waals surface area contributed by atoms with E-state index >= 15 is 0 Å². The van der Waals surface area contributed by atoms with Crippen LogP contribution in [-0.4, -0.2) is 12.5 Å². The van der Waals surface area contributed by atoms with E-state index in [1.807, 2.05) is 0 Å². The van der Waals surface area contributed by atoms with Gasteiger partial charge in [0.2, 0.25) is 5.91 Å². The summed E-state index contributed by atoms with van der Waals surface area (Å²) in [5.41, 5.74) is 13.1. The summed E-state index contributed by atoms with van der Waals surface area (Å²) in [5.74, 6) is -0.190. The number of primary amides is 1. The van der Waals surface area contributed by atoms with Crippen LogP contribution in [0.4, 0.5) is 0 Å². The molecule has 17 heavy (non-hydrogen) atoms. The van der Waals surface area contributed by atoms with E-state index in [2.05, 4.69) is 10.0 Å². The molecule has 0 rings (SSSR count). The molecule has 0 aliphatic carbocycles. The number of amides is 1. The molecule has 0 aromatic heterocycles. The number of rotatable bonds is 12. The molecule has 0 spiro atoms. The molecular formula is C12H24N4O. The second-order valence-electron chi connectivity index (χ2n) is 4.35. The standard InChI is InChI=1S/C12H24N4O/c13-12(17)10-8-6-4-2-1-3-5-7-9-11-15-16-14/h1-11H2,(H2,13,17). The van der Waals surface area contributed by atoms with Crippen LogP contribution < -0.4 is 5.73 Å². The number of nitrogens with zero attached hydrogens (tertiary/aromatic N) is 3. The van der Waals surface area contributed by atoms with E-state index in [0.717, 1.165) is 25.7 Å². The van der Waals surface area contributed by atoms with E-state index in [0.29, 0.717) is 13.0 Å². The second kappa shape index (κ2) is 12.8. The molecule has 98 valence electrons. The minimum Gasteiger partial charge on any atom is -0.370 e. The van der Waals surface area contributed by atoms with Gasteiger partial charge in [0.1, 0.15) is 0 Å². The maximum Gasteiger partial charge on any atom is 0.217 e. The molecule has 0 unspecified atom stereocenters. The van der Waals surface area contributed by atoms with Gasteiger partial charge in [-0.1, -0.05) is 50.1 Å². The summed E-state index contributed by atoms with van der Waals surface area (Å²) in [4.78, 5) is 13.2. The monoisotopic (exact) mass is 240 g/mol. The Hall–Kier alpha value is -1.22. The summed E-state index contributed by atoms with van der Waals surface area (Å²) < 4.78 is 0. The van der Waals surface area contributed by atoms with Crippen LogP contribution >= 0.6 is 0 Å². The lowest BCUT2D eigenvalue weighted by Crippen LogP contribution is -2.09. The fourth-order valence-electron chi connectivity index (χ4n) is 1.76. The molecule has 0 aliphatic heterocycles. The maximum atomic E-state index is 10.5. The number of unbranched alkanes of at least 4 members (excludes halogenated alkanes) is 8. The summed E-state index contributed by atoms with van der Waals surface area (Å²) in [6.07, 6.45) is 10.9. The Balaban J connectivity index is 2.98. The van der Waals surface area contributed by atoms with Crippen molar-refractivity contribution in [2.24, 2.45) is 10.8 Å². The largest absolute Gasteiger partial charge is 0.370 e. The average molecular weight is 240 g/mol. The summed E-state index contributed by atoms with van der Waals surface area (Å²) in [5, 5.41) is 3.50. The summed E-state index contributed by atoms with van der Waals surface area (Å²) in [6, 6.07) is 0. The number of nitrogens with two attached hydrogens (primary N) is 1. The molecule has 0 bridgehead atoms. The van der Waals surface area contributed by atoms with Gasteiger partial charge in [-0.05, 0) is 18.4 Å². The van der Waals surface area contributed by atoms with Gasteiger partial charge in [0.05, 0.1) is 0 Å². The highest BCUT2D eigenvalue weighted by molar-refractivity contribution is 5.73. The lowest BCUT2D eigenvalue weighted by Gasteiger charge is -2.01. The zero-order valence-electron chi connectivity index (χ0n) is 10.6. The summed E-state index contributed by atoms with van der Waals surface area (Å²) in [7, 11) is 0. The summed E-state index contributed by atoms with van der Waals surface area (Å²) in [6.45, 7) is 0.629. The molecule has 0 fully saturated rings. The van der Waals surface area contributed by atoms with E-state index in [-0.39, 0.29) is 5.91 Å². The normalized spacial score (nSPS) is 9.88. The van der Waals surface area contributed by atoms with Crippen LogP contribution in [0.15, 0.2) is 5.11 Å². The van der Waals surface area contributed by atoms with Gasteiger partial charge >= 0.3 is 0 Å². The van der Waals surface area contributed by atoms with Crippen molar-refractivity contribution in [1.29, 1.82) is 0 Å². The Bertz CT molecular complexity index is 227. The number of azide groups is 1. The van der Waals surface area contributed by atoms with Gasteiger partial charge in [0.15, 0.2) is 0 Å². The molecule has 1 amide bonds. The van der Waals surface area contributed by atoms with Gasteiger partial charge in [0, 0.05) is 17.9 Å². The van der Waals surface area contributed by atoms with Crippen molar-refractivity contribution in [2.75, 3.05) is 6.54 Å². The van der Waals surface area contributed by atoms with Crippen LogP contribution in [0, 0.1) is 0 Å². The maximum absolute atomic E-state index is 10.5. The smallest absolute Gasteiger partial charge is 0.217 e. The van der Waals surface area contributed by atoms with Crippen LogP contribution in [0.5, 0.6) is 0 Å². The predicted molar refractivity (Wildman–Crippen MR) is 69.4 cm³/mol. The first-order valence-corrected chi connectivity index (χ1v) is 6.56. The molecule has 0 atom stereocenters. The highest BCUT2D eigenvalue weighted by Gasteiger charge is 1.95. The molecular weight excluding hydrogens is 216 g/mol. The first-order chi connectivity index (χ1) is 8.27. The van der Waals surface area contributed by atoms with E-state index in [1.165, 1.54) is 32.1 Å². The van der Waals surface area contributed by atoms with Gasteiger partial charge in [-0.2, -0.15) is 0 Å². The predicted octanol–water partition coefficient (Wildman–Crippen LogP) is 3.68. The first kappa shape index (κ1) is 15.8. The number of carbonyl (C=O) groups excluding carboxylic acids is 1. The third-order valence-corrected chi connectivity index (χ3v) is 2.74. The molecule has 0 heterocycles. The minimum atomic E-state index is -0.190. The van der Waals surface area contributed by atoms with Gasteiger partial charge < -0.3 is 5.73 Å². The minimum absolute atomic E-state index is 0.190. The highest BCUT2D eigenvalue weighted by Crippen LogP contribution is 2.10. The van der Waals surface area contributed by atoms with Crippen molar-refractivity contribution in [2.45, 2.75) is 64.2 Å². The van der Waals surface area contributed by atoms with Gasteiger partial charge in [-0.15, -0.1) is 0 Å². The van der Waals surface area contributed by atoms with Crippen LogP contribution in [0.1, 0.15) is 64.2 Å². The van der Waals surface area contributed by atoms with Crippen LogP contribution in [-0.2, 0) is 4.79 Å². The van der Waals surface area contributed by atoms with Crippen molar-refractivity contribution in [3.63, 3.8) is 0 Å².